The van der Waals surface area contributed by atoms with Crippen molar-refractivity contribution in [2.45, 2.75) is 6.42 Å². The first-order valence-corrected chi connectivity index (χ1v) is 5.79. The van der Waals surface area contributed by atoms with Crippen molar-refractivity contribution in [2.75, 3.05) is 26.6 Å². The van der Waals surface area contributed by atoms with Gasteiger partial charge in [0.05, 0.1) is 14.2 Å². The van der Waals surface area contributed by atoms with Crippen molar-refractivity contribution in [3.8, 4) is 11.5 Å². The molecule has 0 aliphatic rings. The molecule has 0 spiro atoms. The van der Waals surface area contributed by atoms with Crippen LogP contribution >= 0.6 is 11.6 Å². The molecular formula is C12H16ClNO3. The lowest BCUT2D eigenvalue weighted by Gasteiger charge is -2.13. The molecule has 0 aliphatic carbocycles. The number of amides is 1. The van der Waals surface area contributed by atoms with Gasteiger partial charge < -0.3 is 14.8 Å². The lowest BCUT2D eigenvalue weighted by molar-refractivity contribution is -0.118. The second-order valence-electron chi connectivity index (χ2n) is 3.37. The number of carbonyl (C=O) groups excluding carboxylic acids is 1. The van der Waals surface area contributed by atoms with Gasteiger partial charge in [-0.3, -0.25) is 4.79 Å². The monoisotopic (exact) mass is 257 g/mol. The highest BCUT2D eigenvalue weighted by Crippen LogP contribution is 2.28. The quantitative estimate of drug-likeness (QED) is 0.788. The molecule has 17 heavy (non-hydrogen) atoms. The molecule has 0 fully saturated rings. The molecule has 1 amide bonds. The van der Waals surface area contributed by atoms with Crippen LogP contribution in [0.4, 0.5) is 0 Å². The predicted molar refractivity (Wildman–Crippen MR) is 67.0 cm³/mol. The van der Waals surface area contributed by atoms with Gasteiger partial charge in [0.2, 0.25) is 5.91 Å². The van der Waals surface area contributed by atoms with Crippen molar-refractivity contribution in [2.24, 2.45) is 0 Å². The molecule has 0 aliphatic heterocycles. The fourth-order valence-electron chi connectivity index (χ4n) is 1.55. The van der Waals surface area contributed by atoms with Gasteiger partial charge in [-0.05, 0) is 18.6 Å². The highest BCUT2D eigenvalue weighted by atomic mass is 35.5. The summed E-state index contributed by atoms with van der Waals surface area (Å²) in [6.45, 7) is 0.502. The summed E-state index contributed by atoms with van der Waals surface area (Å²) in [6.07, 6.45) is 0.635. The highest BCUT2D eigenvalue weighted by Gasteiger charge is 2.09. The number of ether oxygens (including phenoxy) is 2. The average Bonchev–Trinajstić information content (AvgIpc) is 2.38. The van der Waals surface area contributed by atoms with Crippen LogP contribution in [0.25, 0.3) is 0 Å². The van der Waals surface area contributed by atoms with E-state index in [1.165, 1.54) is 0 Å². The Morgan fingerprint density at radius 2 is 1.88 bits per heavy atom. The standard InChI is InChI=1S/C12H16ClNO3/c1-16-10-4-3-5-11(17-2)9(10)6-7-14-12(15)8-13/h3-5H,6-8H2,1-2H3,(H,14,15). The van der Waals surface area contributed by atoms with E-state index in [1.807, 2.05) is 18.2 Å². The fourth-order valence-corrected chi connectivity index (χ4v) is 1.64. The molecule has 0 saturated heterocycles. The van der Waals surface area contributed by atoms with Crippen molar-refractivity contribution in [1.82, 2.24) is 5.32 Å². The van der Waals surface area contributed by atoms with E-state index < -0.39 is 0 Å². The SMILES string of the molecule is COc1cccc(OC)c1CCNC(=O)CCl. The predicted octanol–water partition coefficient (Wildman–Crippen LogP) is 1.60. The molecule has 1 aromatic rings. The van der Waals surface area contributed by atoms with Crippen LogP contribution in [0.15, 0.2) is 18.2 Å². The highest BCUT2D eigenvalue weighted by molar-refractivity contribution is 6.27. The molecule has 0 saturated carbocycles. The van der Waals surface area contributed by atoms with Crippen molar-refractivity contribution in [3.05, 3.63) is 23.8 Å². The number of benzene rings is 1. The van der Waals surface area contributed by atoms with E-state index in [9.17, 15) is 4.79 Å². The largest absolute Gasteiger partial charge is 0.496 e. The summed E-state index contributed by atoms with van der Waals surface area (Å²) in [5, 5.41) is 2.70. The Bertz CT molecular complexity index is 360. The summed E-state index contributed by atoms with van der Waals surface area (Å²) < 4.78 is 10.5. The molecule has 94 valence electrons. The van der Waals surface area contributed by atoms with Gasteiger partial charge >= 0.3 is 0 Å². The van der Waals surface area contributed by atoms with Gasteiger partial charge in [-0.15, -0.1) is 11.6 Å². The van der Waals surface area contributed by atoms with Crippen LogP contribution in [0.3, 0.4) is 0 Å². The molecule has 0 unspecified atom stereocenters. The van der Waals surface area contributed by atoms with Gasteiger partial charge in [-0.2, -0.15) is 0 Å². The van der Waals surface area contributed by atoms with Gasteiger partial charge in [0.25, 0.3) is 0 Å². The molecule has 0 heterocycles. The summed E-state index contributed by atoms with van der Waals surface area (Å²) in [5.74, 6) is 1.30. The average molecular weight is 258 g/mol. The zero-order valence-corrected chi connectivity index (χ0v) is 10.7. The molecule has 4 nitrogen and oxygen atoms in total. The number of hydrogen-bond donors (Lipinski definition) is 1. The van der Waals surface area contributed by atoms with Gasteiger partial charge in [0, 0.05) is 12.1 Å². The Balaban J connectivity index is 2.71. The van der Waals surface area contributed by atoms with Gasteiger partial charge in [-0.25, -0.2) is 0 Å². The maximum Gasteiger partial charge on any atom is 0.234 e. The third-order valence-electron chi connectivity index (χ3n) is 2.35. The number of methoxy groups -OCH3 is 2. The van der Waals surface area contributed by atoms with Crippen LogP contribution in [-0.2, 0) is 11.2 Å². The van der Waals surface area contributed by atoms with Crippen molar-refractivity contribution in [3.63, 3.8) is 0 Å². The Morgan fingerprint density at radius 3 is 2.35 bits per heavy atom. The van der Waals surface area contributed by atoms with Crippen LogP contribution in [0.1, 0.15) is 5.56 Å². The second-order valence-corrected chi connectivity index (χ2v) is 3.64. The summed E-state index contributed by atoms with van der Waals surface area (Å²) in [4.78, 5) is 11.0. The number of halogens is 1. The van der Waals surface area contributed by atoms with Crippen LogP contribution in [0.5, 0.6) is 11.5 Å². The molecule has 1 rings (SSSR count). The lowest BCUT2D eigenvalue weighted by Crippen LogP contribution is -2.26. The normalized spacial score (nSPS) is 9.82. The lowest BCUT2D eigenvalue weighted by atomic mass is 10.1. The Hall–Kier alpha value is -1.42. The smallest absolute Gasteiger partial charge is 0.234 e. The first kappa shape index (κ1) is 13.6. The van der Waals surface area contributed by atoms with Crippen LogP contribution < -0.4 is 14.8 Å². The fraction of sp³-hybridized carbons (Fsp3) is 0.417. The zero-order chi connectivity index (χ0) is 12.7. The van der Waals surface area contributed by atoms with Crippen LogP contribution in [0, 0.1) is 0 Å². The van der Waals surface area contributed by atoms with Crippen molar-refractivity contribution < 1.29 is 14.3 Å². The topological polar surface area (TPSA) is 47.6 Å². The Labute approximate surface area is 106 Å². The van der Waals surface area contributed by atoms with Crippen LogP contribution in [0.2, 0.25) is 0 Å². The number of alkyl halides is 1. The molecular weight excluding hydrogens is 242 g/mol. The minimum absolute atomic E-state index is 0.0247. The number of hydrogen-bond acceptors (Lipinski definition) is 3. The number of carbonyl (C=O) groups is 1. The number of rotatable bonds is 6. The zero-order valence-electron chi connectivity index (χ0n) is 9.96. The molecule has 0 bridgehead atoms. The van der Waals surface area contributed by atoms with Crippen LogP contribution in [-0.4, -0.2) is 32.6 Å². The first-order valence-electron chi connectivity index (χ1n) is 5.25. The van der Waals surface area contributed by atoms with Crippen molar-refractivity contribution >= 4 is 17.5 Å². The molecule has 0 aromatic heterocycles. The summed E-state index contributed by atoms with van der Waals surface area (Å²) in [5.41, 5.74) is 0.937. The minimum atomic E-state index is -0.180. The van der Waals surface area contributed by atoms with Gasteiger partial charge in [-0.1, -0.05) is 6.07 Å². The van der Waals surface area contributed by atoms with E-state index in [-0.39, 0.29) is 11.8 Å². The summed E-state index contributed by atoms with van der Waals surface area (Å²) in [6, 6.07) is 5.58. The van der Waals surface area contributed by atoms with Crippen molar-refractivity contribution in [1.29, 1.82) is 0 Å². The summed E-state index contributed by atoms with van der Waals surface area (Å²) in [7, 11) is 3.21. The maximum absolute atomic E-state index is 11.0. The Kier molecular flexibility index (Phi) is 5.63. The maximum atomic E-state index is 11.0. The molecule has 5 heteroatoms. The van der Waals surface area contributed by atoms with Gasteiger partial charge in [0.15, 0.2) is 0 Å². The second kappa shape index (κ2) is 7.01. The molecule has 0 radical (unpaired) electrons. The van der Waals surface area contributed by atoms with E-state index in [4.69, 9.17) is 21.1 Å². The molecule has 1 aromatic carbocycles. The molecule has 1 N–H and O–H groups in total. The minimum Gasteiger partial charge on any atom is -0.496 e. The van der Waals surface area contributed by atoms with E-state index in [0.29, 0.717) is 13.0 Å². The third kappa shape index (κ3) is 3.82. The van der Waals surface area contributed by atoms with E-state index >= 15 is 0 Å². The van der Waals surface area contributed by atoms with Gasteiger partial charge in [0.1, 0.15) is 17.4 Å². The Morgan fingerprint density at radius 1 is 1.29 bits per heavy atom. The van der Waals surface area contributed by atoms with E-state index in [1.54, 1.807) is 14.2 Å². The van der Waals surface area contributed by atoms with E-state index in [2.05, 4.69) is 5.32 Å². The first-order chi connectivity index (χ1) is 8.22. The number of nitrogens with one attached hydrogen (secondary N) is 1. The third-order valence-corrected chi connectivity index (χ3v) is 2.59. The van der Waals surface area contributed by atoms with E-state index in [0.717, 1.165) is 17.1 Å². The molecule has 0 atom stereocenters. The summed E-state index contributed by atoms with van der Waals surface area (Å²) >= 11 is 5.39.